The second-order valence-corrected chi connectivity index (χ2v) is 9.05. The van der Waals surface area contributed by atoms with E-state index < -0.39 is 0 Å². The number of nitrogens with one attached hydrogen (secondary N) is 2. The molecule has 32 heavy (non-hydrogen) atoms. The smallest absolute Gasteiger partial charge is 0.257 e. The molecule has 0 aliphatic rings. The number of aromatic nitrogens is 2. The van der Waals surface area contributed by atoms with E-state index in [0.29, 0.717) is 44.5 Å². The first-order valence-electron chi connectivity index (χ1n) is 9.49. The van der Waals surface area contributed by atoms with Crippen LogP contribution >= 0.6 is 34.7 Å². The van der Waals surface area contributed by atoms with Gasteiger partial charge in [0.15, 0.2) is 15.8 Å². The summed E-state index contributed by atoms with van der Waals surface area (Å²) in [6.07, 6.45) is 0.663. The van der Waals surface area contributed by atoms with Gasteiger partial charge in [0.2, 0.25) is 11.0 Å². The molecule has 3 rings (SSSR count). The van der Waals surface area contributed by atoms with Crippen LogP contribution in [0.2, 0.25) is 5.02 Å². The van der Waals surface area contributed by atoms with Crippen molar-refractivity contribution in [3.05, 3.63) is 58.6 Å². The van der Waals surface area contributed by atoms with Crippen molar-refractivity contribution in [1.29, 1.82) is 0 Å². The minimum absolute atomic E-state index is 0.113. The van der Waals surface area contributed by atoms with Crippen molar-refractivity contribution in [1.82, 2.24) is 15.5 Å². The quantitative estimate of drug-likeness (QED) is 0.326. The van der Waals surface area contributed by atoms with Crippen LogP contribution in [-0.4, -0.2) is 48.5 Å². The maximum absolute atomic E-state index is 12.2. The Morgan fingerprint density at radius 3 is 2.53 bits per heavy atom. The first-order chi connectivity index (χ1) is 15.5. The van der Waals surface area contributed by atoms with Gasteiger partial charge >= 0.3 is 0 Å². The zero-order valence-electron chi connectivity index (χ0n) is 17.4. The lowest BCUT2D eigenvalue weighted by Gasteiger charge is -2.10. The largest absolute Gasteiger partial charge is 0.493 e. The van der Waals surface area contributed by atoms with E-state index in [-0.39, 0.29) is 17.6 Å². The lowest BCUT2D eigenvalue weighted by molar-refractivity contribution is -0.118. The van der Waals surface area contributed by atoms with Gasteiger partial charge in [-0.2, -0.15) is 0 Å². The minimum Gasteiger partial charge on any atom is -0.493 e. The molecule has 2 aromatic carbocycles. The molecule has 0 bridgehead atoms. The predicted octanol–water partition coefficient (Wildman–Crippen LogP) is 3.91. The molecule has 0 spiro atoms. The molecule has 0 aliphatic heterocycles. The van der Waals surface area contributed by atoms with Crippen LogP contribution in [-0.2, 0) is 11.2 Å². The molecule has 0 atom stereocenters. The number of amides is 2. The van der Waals surface area contributed by atoms with E-state index in [4.69, 9.17) is 21.1 Å². The van der Waals surface area contributed by atoms with Gasteiger partial charge in [0.05, 0.1) is 20.0 Å². The average molecular weight is 493 g/mol. The Labute approximate surface area is 198 Å². The monoisotopic (exact) mass is 492 g/mol. The van der Waals surface area contributed by atoms with Crippen LogP contribution in [0, 0.1) is 0 Å². The standard InChI is InChI=1S/C21H21ClN4O4S2/c1-29-16-8-3-13(11-17(16)30-2)9-10-23-18(27)12-31-21-26-25-20(32-21)24-19(28)14-4-6-15(22)7-5-14/h3-8,11H,9-10,12H2,1-2H3,(H,23,27)(H,24,25,28). The molecule has 2 N–H and O–H groups in total. The topological polar surface area (TPSA) is 102 Å². The molecular weight excluding hydrogens is 472 g/mol. The Morgan fingerprint density at radius 2 is 1.81 bits per heavy atom. The highest BCUT2D eigenvalue weighted by Crippen LogP contribution is 2.28. The van der Waals surface area contributed by atoms with Crippen LogP contribution in [0.5, 0.6) is 11.5 Å². The van der Waals surface area contributed by atoms with E-state index in [9.17, 15) is 9.59 Å². The summed E-state index contributed by atoms with van der Waals surface area (Å²) >= 11 is 8.29. The molecule has 1 heterocycles. The number of anilines is 1. The van der Waals surface area contributed by atoms with Crippen molar-refractivity contribution in [3.8, 4) is 11.5 Å². The number of ether oxygens (including phenoxy) is 2. The lowest BCUT2D eigenvalue weighted by Crippen LogP contribution is -2.27. The van der Waals surface area contributed by atoms with Gasteiger partial charge in [-0.15, -0.1) is 10.2 Å². The molecule has 0 aliphatic carbocycles. The number of carbonyl (C=O) groups excluding carboxylic acids is 2. The van der Waals surface area contributed by atoms with E-state index in [0.717, 1.165) is 5.56 Å². The summed E-state index contributed by atoms with van der Waals surface area (Å²) < 4.78 is 11.1. The van der Waals surface area contributed by atoms with Gasteiger partial charge in [-0.05, 0) is 48.4 Å². The Bertz CT molecular complexity index is 1080. The summed E-state index contributed by atoms with van der Waals surface area (Å²) in [4.78, 5) is 24.3. The van der Waals surface area contributed by atoms with Crippen LogP contribution in [0.15, 0.2) is 46.8 Å². The highest BCUT2D eigenvalue weighted by atomic mass is 35.5. The molecule has 11 heteroatoms. The van der Waals surface area contributed by atoms with Crippen LogP contribution < -0.4 is 20.1 Å². The van der Waals surface area contributed by atoms with Gasteiger partial charge in [0.25, 0.3) is 5.91 Å². The van der Waals surface area contributed by atoms with E-state index in [1.54, 1.807) is 38.5 Å². The van der Waals surface area contributed by atoms with Crippen LogP contribution in [0.3, 0.4) is 0 Å². The molecular formula is C21H21ClN4O4S2. The van der Waals surface area contributed by atoms with Gasteiger partial charge in [-0.1, -0.05) is 40.8 Å². The molecule has 0 fully saturated rings. The maximum atomic E-state index is 12.2. The Morgan fingerprint density at radius 1 is 1.06 bits per heavy atom. The maximum Gasteiger partial charge on any atom is 0.257 e. The number of methoxy groups -OCH3 is 2. The molecule has 0 unspecified atom stereocenters. The molecule has 0 saturated heterocycles. The fraction of sp³-hybridized carbons (Fsp3) is 0.238. The first kappa shape index (κ1) is 23.8. The minimum atomic E-state index is -0.303. The van der Waals surface area contributed by atoms with Crippen molar-refractivity contribution in [2.45, 2.75) is 10.8 Å². The predicted molar refractivity (Wildman–Crippen MR) is 126 cm³/mol. The normalized spacial score (nSPS) is 10.5. The average Bonchev–Trinajstić information content (AvgIpc) is 3.25. The first-order valence-corrected chi connectivity index (χ1v) is 11.7. The highest BCUT2D eigenvalue weighted by Gasteiger charge is 2.12. The zero-order chi connectivity index (χ0) is 22.9. The molecule has 1 aromatic heterocycles. The Balaban J connectivity index is 1.41. The summed E-state index contributed by atoms with van der Waals surface area (Å²) in [6, 6.07) is 12.2. The summed E-state index contributed by atoms with van der Waals surface area (Å²) in [5.74, 6) is 1.10. The molecule has 8 nitrogen and oxygen atoms in total. The summed E-state index contributed by atoms with van der Waals surface area (Å²) in [7, 11) is 3.17. The van der Waals surface area contributed by atoms with Crippen molar-refractivity contribution in [2.75, 3.05) is 31.8 Å². The fourth-order valence-electron chi connectivity index (χ4n) is 2.65. The number of halogens is 1. The van der Waals surface area contributed by atoms with E-state index in [1.807, 2.05) is 18.2 Å². The van der Waals surface area contributed by atoms with E-state index in [2.05, 4.69) is 20.8 Å². The van der Waals surface area contributed by atoms with E-state index in [1.165, 1.54) is 23.1 Å². The van der Waals surface area contributed by atoms with E-state index >= 15 is 0 Å². The Kier molecular flexibility index (Phi) is 8.72. The zero-order valence-corrected chi connectivity index (χ0v) is 19.8. The third-order valence-electron chi connectivity index (χ3n) is 4.24. The molecule has 2 amide bonds. The van der Waals surface area contributed by atoms with Gasteiger partial charge < -0.3 is 14.8 Å². The van der Waals surface area contributed by atoms with Crippen molar-refractivity contribution < 1.29 is 19.1 Å². The van der Waals surface area contributed by atoms with Crippen molar-refractivity contribution in [2.24, 2.45) is 0 Å². The van der Waals surface area contributed by atoms with Crippen LogP contribution in [0.25, 0.3) is 0 Å². The lowest BCUT2D eigenvalue weighted by atomic mass is 10.1. The summed E-state index contributed by atoms with van der Waals surface area (Å²) in [5.41, 5.74) is 1.49. The molecule has 0 radical (unpaired) electrons. The van der Waals surface area contributed by atoms with Gasteiger partial charge in [-0.25, -0.2) is 0 Å². The number of hydrogen-bond donors (Lipinski definition) is 2. The number of nitrogens with zero attached hydrogens (tertiary/aromatic N) is 2. The SMILES string of the molecule is COc1ccc(CCNC(=O)CSc2nnc(NC(=O)c3ccc(Cl)cc3)s2)cc1OC. The fourth-order valence-corrected chi connectivity index (χ4v) is 4.35. The van der Waals surface area contributed by atoms with Crippen molar-refractivity contribution in [3.63, 3.8) is 0 Å². The number of rotatable bonds is 10. The van der Waals surface area contributed by atoms with Gasteiger partial charge in [-0.3, -0.25) is 14.9 Å². The summed E-state index contributed by atoms with van der Waals surface area (Å²) in [5, 5.41) is 14.4. The number of carbonyl (C=O) groups is 2. The third kappa shape index (κ3) is 6.84. The molecule has 3 aromatic rings. The third-order valence-corrected chi connectivity index (χ3v) is 6.47. The molecule has 0 saturated carbocycles. The number of hydrogen-bond acceptors (Lipinski definition) is 8. The second kappa shape index (κ2) is 11.7. The Hall–Kier alpha value is -2.82. The van der Waals surface area contributed by atoms with Crippen LogP contribution in [0.1, 0.15) is 15.9 Å². The molecule has 168 valence electrons. The van der Waals surface area contributed by atoms with Crippen molar-refractivity contribution >= 4 is 51.6 Å². The number of benzene rings is 2. The van der Waals surface area contributed by atoms with Gasteiger partial charge in [0, 0.05) is 17.1 Å². The highest BCUT2D eigenvalue weighted by molar-refractivity contribution is 8.01. The number of thioether (sulfide) groups is 1. The second-order valence-electron chi connectivity index (χ2n) is 6.41. The van der Waals surface area contributed by atoms with Crippen LogP contribution in [0.4, 0.5) is 5.13 Å². The summed E-state index contributed by atoms with van der Waals surface area (Å²) in [6.45, 7) is 0.493. The van der Waals surface area contributed by atoms with Gasteiger partial charge in [0.1, 0.15) is 0 Å².